The van der Waals surface area contributed by atoms with E-state index in [9.17, 15) is 17.3 Å². The summed E-state index contributed by atoms with van der Waals surface area (Å²) in [5, 5.41) is 0. The molecule has 0 bridgehead atoms. The molecule has 7 heteroatoms. The van der Waals surface area contributed by atoms with Gasteiger partial charge in [-0.15, -0.1) is 0 Å². The molecule has 92 valence electrons. The van der Waals surface area contributed by atoms with Gasteiger partial charge < -0.3 is 22.0 Å². The molecule has 0 amide bonds. The third-order valence-corrected chi connectivity index (χ3v) is 2.37. The van der Waals surface area contributed by atoms with Crippen molar-refractivity contribution in [3.8, 4) is 0 Å². The molecule has 0 atom stereocenters. The van der Waals surface area contributed by atoms with E-state index in [0.717, 1.165) is 0 Å². The number of halogens is 4. The summed E-state index contributed by atoms with van der Waals surface area (Å²) >= 11 is 0. The molecule has 1 aliphatic heterocycles. The summed E-state index contributed by atoms with van der Waals surface area (Å²) < 4.78 is 44.3. The van der Waals surface area contributed by atoms with Gasteiger partial charge in [-0.3, -0.25) is 4.90 Å². The van der Waals surface area contributed by atoms with Gasteiger partial charge >= 0.3 is 7.25 Å². The summed E-state index contributed by atoms with van der Waals surface area (Å²) in [4.78, 5) is 2.38. The smallest absolute Gasteiger partial charge is 0.418 e. The van der Waals surface area contributed by atoms with Crippen molar-refractivity contribution in [1.29, 1.82) is 0 Å². The van der Waals surface area contributed by atoms with Crippen LogP contribution in [0.2, 0.25) is 0 Å². The minimum absolute atomic E-state index is 0.0451. The number of hydrogen-bond donors (Lipinski definition) is 0. The molecule has 2 nitrogen and oxygen atoms in total. The number of ether oxygens (including phenoxy) is 1. The Morgan fingerprint density at radius 2 is 1.40 bits per heavy atom. The third-order valence-electron chi connectivity index (χ3n) is 2.37. The molecule has 0 unspecified atom stereocenters. The van der Waals surface area contributed by atoms with Gasteiger partial charge in [-0.2, -0.15) is 0 Å². The molecule has 0 saturated carbocycles. The van der Waals surface area contributed by atoms with Crippen LogP contribution in [0.1, 0.15) is 26.7 Å². The van der Waals surface area contributed by atoms with E-state index in [-0.39, 0.29) is 5.72 Å². The van der Waals surface area contributed by atoms with Gasteiger partial charge in [0.05, 0.1) is 0 Å². The van der Waals surface area contributed by atoms with Crippen LogP contribution in [-0.2, 0) is 4.74 Å². The van der Waals surface area contributed by atoms with Gasteiger partial charge in [0.25, 0.3) is 0 Å². The second-order valence-corrected chi connectivity index (χ2v) is 3.84. The van der Waals surface area contributed by atoms with Crippen LogP contribution in [0.4, 0.5) is 17.3 Å². The molecular formula is C8H17BF4NO-. The maximum Gasteiger partial charge on any atom is 0.673 e. The minimum Gasteiger partial charge on any atom is -0.418 e. The van der Waals surface area contributed by atoms with Gasteiger partial charge in [0.2, 0.25) is 0 Å². The molecule has 0 spiro atoms. The molecule has 1 saturated heterocycles. The molecule has 15 heavy (non-hydrogen) atoms. The number of nitrogens with zero attached hydrogens (tertiary/aromatic N) is 1. The first-order chi connectivity index (χ1) is 6.67. The van der Waals surface area contributed by atoms with E-state index in [1.807, 2.05) is 0 Å². The fraction of sp³-hybridized carbons (Fsp3) is 1.00. The van der Waals surface area contributed by atoms with E-state index in [2.05, 4.69) is 18.7 Å². The van der Waals surface area contributed by atoms with Gasteiger partial charge in [-0.25, -0.2) is 0 Å². The number of likely N-dealkylation sites (tertiary alicyclic amines) is 1. The molecule has 1 heterocycles. The SMILES string of the molecule is COC(C)(C)N1CCCC1.F[B-](F)(F)F. The summed E-state index contributed by atoms with van der Waals surface area (Å²) in [5.74, 6) is 0. The Morgan fingerprint density at radius 3 is 1.67 bits per heavy atom. The van der Waals surface area contributed by atoms with Crippen LogP contribution in [0.5, 0.6) is 0 Å². The van der Waals surface area contributed by atoms with Gasteiger partial charge in [-0.1, -0.05) is 0 Å². The third kappa shape index (κ3) is 7.61. The van der Waals surface area contributed by atoms with Crippen LogP contribution in [-0.4, -0.2) is 38.1 Å². The van der Waals surface area contributed by atoms with Gasteiger partial charge in [0.1, 0.15) is 5.72 Å². The van der Waals surface area contributed by atoms with Crippen molar-refractivity contribution in [3.05, 3.63) is 0 Å². The van der Waals surface area contributed by atoms with Crippen LogP contribution in [0.25, 0.3) is 0 Å². The predicted molar refractivity (Wildman–Crippen MR) is 52.1 cm³/mol. The fourth-order valence-electron chi connectivity index (χ4n) is 1.38. The van der Waals surface area contributed by atoms with Crippen LogP contribution >= 0.6 is 0 Å². The zero-order valence-corrected chi connectivity index (χ0v) is 9.27. The summed E-state index contributed by atoms with van der Waals surface area (Å²) in [6, 6.07) is 0. The van der Waals surface area contributed by atoms with E-state index in [1.165, 1.54) is 25.9 Å². The minimum atomic E-state index is -6.00. The zero-order chi connectivity index (χ0) is 12.1. The average Bonchev–Trinajstić information content (AvgIpc) is 2.53. The highest BCUT2D eigenvalue weighted by atomic mass is 19.5. The topological polar surface area (TPSA) is 12.5 Å². The second kappa shape index (κ2) is 5.70. The molecule has 0 radical (unpaired) electrons. The van der Waals surface area contributed by atoms with Crippen LogP contribution in [0, 0.1) is 0 Å². The number of rotatable bonds is 2. The predicted octanol–water partition coefficient (Wildman–Crippen LogP) is 2.76. The van der Waals surface area contributed by atoms with E-state index in [4.69, 9.17) is 4.74 Å². The van der Waals surface area contributed by atoms with Crippen LogP contribution in [0.15, 0.2) is 0 Å². The first-order valence-electron chi connectivity index (χ1n) is 4.84. The largest absolute Gasteiger partial charge is 0.673 e. The Hall–Kier alpha value is -0.295. The Labute approximate surface area is 87.7 Å². The molecule has 0 aromatic carbocycles. The lowest BCUT2D eigenvalue weighted by Gasteiger charge is -2.33. The lowest BCUT2D eigenvalue weighted by atomic mass is 10.3. The maximum atomic E-state index is 9.75. The fourth-order valence-corrected chi connectivity index (χ4v) is 1.38. The van der Waals surface area contributed by atoms with Gasteiger partial charge in [-0.05, 0) is 26.7 Å². The zero-order valence-electron chi connectivity index (χ0n) is 9.27. The van der Waals surface area contributed by atoms with Crippen molar-refractivity contribution < 1.29 is 22.0 Å². The summed E-state index contributed by atoms with van der Waals surface area (Å²) in [6.45, 7) is 6.64. The number of hydrogen-bond acceptors (Lipinski definition) is 2. The second-order valence-electron chi connectivity index (χ2n) is 3.84. The van der Waals surface area contributed by atoms with Crippen LogP contribution in [0.3, 0.4) is 0 Å². The molecule has 1 rings (SSSR count). The first kappa shape index (κ1) is 14.7. The molecule has 0 aromatic rings. The maximum absolute atomic E-state index is 9.75. The van der Waals surface area contributed by atoms with Gasteiger partial charge in [0, 0.05) is 20.2 Å². The molecular weight excluding hydrogens is 213 g/mol. The molecule has 1 aliphatic rings. The Kier molecular flexibility index (Phi) is 5.59. The highest BCUT2D eigenvalue weighted by Crippen LogP contribution is 2.20. The van der Waals surface area contributed by atoms with Crippen LogP contribution < -0.4 is 0 Å². The molecule has 0 aromatic heterocycles. The van der Waals surface area contributed by atoms with E-state index in [1.54, 1.807) is 7.11 Å². The van der Waals surface area contributed by atoms with E-state index < -0.39 is 7.25 Å². The first-order valence-corrected chi connectivity index (χ1v) is 4.84. The lowest BCUT2D eigenvalue weighted by Crippen LogP contribution is -2.43. The summed E-state index contributed by atoms with van der Waals surface area (Å²) in [6.07, 6.45) is 2.65. The highest BCUT2D eigenvalue weighted by molar-refractivity contribution is 6.50. The Morgan fingerprint density at radius 1 is 1.07 bits per heavy atom. The standard InChI is InChI=1S/C8H17NO.BF4/c1-8(2,10-3)9-6-4-5-7-9;2-1(3,4)5/h4-7H2,1-3H3;/q;-1. The summed E-state index contributed by atoms with van der Waals surface area (Å²) in [5.41, 5.74) is -0.0451. The highest BCUT2D eigenvalue weighted by Gasteiger charge is 2.27. The monoisotopic (exact) mass is 230 g/mol. The number of methoxy groups -OCH3 is 1. The molecule has 0 aliphatic carbocycles. The van der Waals surface area contributed by atoms with Gasteiger partial charge in [0.15, 0.2) is 0 Å². The average molecular weight is 230 g/mol. The summed E-state index contributed by atoms with van der Waals surface area (Å²) in [7, 11) is -4.22. The van der Waals surface area contributed by atoms with Crippen molar-refractivity contribution in [1.82, 2.24) is 4.90 Å². The van der Waals surface area contributed by atoms with Crippen molar-refractivity contribution in [2.45, 2.75) is 32.4 Å². The molecule has 1 fully saturated rings. The van der Waals surface area contributed by atoms with E-state index >= 15 is 0 Å². The Balaban J connectivity index is 0.000000336. The van der Waals surface area contributed by atoms with Crippen molar-refractivity contribution in [3.63, 3.8) is 0 Å². The quantitative estimate of drug-likeness (QED) is 0.534. The normalized spacial score (nSPS) is 18.6. The molecule has 0 N–H and O–H groups in total. The Bertz CT molecular complexity index is 174. The van der Waals surface area contributed by atoms with E-state index in [0.29, 0.717) is 0 Å². The lowest BCUT2D eigenvalue weighted by molar-refractivity contribution is -0.0977. The van der Waals surface area contributed by atoms with Crippen molar-refractivity contribution >= 4 is 7.25 Å². The van der Waals surface area contributed by atoms with Crippen molar-refractivity contribution in [2.75, 3.05) is 20.2 Å². The van der Waals surface area contributed by atoms with Crippen molar-refractivity contribution in [2.24, 2.45) is 0 Å².